The molecule has 2 atom stereocenters. The molecule has 14 heteroatoms. The molecule has 3 aromatic rings. The highest BCUT2D eigenvalue weighted by atomic mass is 35.5. The summed E-state index contributed by atoms with van der Waals surface area (Å²) in [5, 5.41) is 2.55. The molecule has 0 saturated carbocycles. The predicted octanol–water partition coefficient (Wildman–Crippen LogP) is 4.84. The zero-order chi connectivity index (χ0) is 38.8. The van der Waals surface area contributed by atoms with E-state index in [1.165, 1.54) is 0 Å². The summed E-state index contributed by atoms with van der Waals surface area (Å²) in [7, 11) is 0. The van der Waals surface area contributed by atoms with E-state index in [0.29, 0.717) is 77.4 Å². The van der Waals surface area contributed by atoms with Crippen molar-refractivity contribution in [2.24, 2.45) is 5.92 Å². The Morgan fingerprint density at radius 3 is 2.07 bits per heavy atom. The number of nitrogens with one attached hydrogen (secondary N) is 1. The van der Waals surface area contributed by atoms with Gasteiger partial charge in [-0.2, -0.15) is 0 Å². The first-order chi connectivity index (χ1) is 26.3. The molecule has 13 nitrogen and oxygen atoms in total. The second kappa shape index (κ2) is 13.9. The summed E-state index contributed by atoms with van der Waals surface area (Å²) in [5.41, 5.74) is 3.36. The molecular weight excluding hydrogens is 724 g/mol. The third-order valence-corrected chi connectivity index (χ3v) is 12.0. The van der Waals surface area contributed by atoms with Crippen molar-refractivity contribution in [2.45, 2.75) is 70.3 Å². The largest absolute Gasteiger partial charge is 0.486 e. The first kappa shape index (κ1) is 36.4. The van der Waals surface area contributed by atoms with Gasteiger partial charge in [-0.05, 0) is 98.7 Å². The Labute approximate surface area is 322 Å². The Balaban J connectivity index is 0.816. The minimum atomic E-state index is -0.986. The van der Waals surface area contributed by atoms with Gasteiger partial charge in [-0.25, -0.2) is 4.85 Å². The molecule has 0 aromatic heterocycles. The summed E-state index contributed by atoms with van der Waals surface area (Å²) in [6.45, 7) is 14.8. The fourth-order valence-corrected chi connectivity index (χ4v) is 8.59. The number of piperidine rings is 2. The highest BCUT2D eigenvalue weighted by Crippen LogP contribution is 2.38. The van der Waals surface area contributed by atoms with E-state index in [1.54, 1.807) is 59.5 Å². The van der Waals surface area contributed by atoms with Gasteiger partial charge in [0.2, 0.25) is 17.5 Å². The van der Waals surface area contributed by atoms with E-state index in [0.717, 1.165) is 35.4 Å². The van der Waals surface area contributed by atoms with Gasteiger partial charge in [0.05, 0.1) is 34.8 Å². The molecular formula is C41H39ClN6O7. The lowest BCUT2D eigenvalue weighted by molar-refractivity contribution is -0.136. The summed E-state index contributed by atoms with van der Waals surface area (Å²) >= 11 is 6.17. The number of likely N-dealkylation sites (tertiary alicyclic amines) is 2. The summed E-state index contributed by atoms with van der Waals surface area (Å²) in [4.78, 5) is 87.8. The molecule has 5 aliphatic heterocycles. The van der Waals surface area contributed by atoms with Crippen LogP contribution >= 0.6 is 11.6 Å². The number of halogens is 1. The predicted molar refractivity (Wildman–Crippen MR) is 200 cm³/mol. The van der Waals surface area contributed by atoms with Crippen LogP contribution in [0.25, 0.3) is 4.85 Å². The van der Waals surface area contributed by atoms with Gasteiger partial charge in [-0.1, -0.05) is 17.7 Å². The Morgan fingerprint density at radius 1 is 0.891 bits per heavy atom. The van der Waals surface area contributed by atoms with Crippen LogP contribution in [0.4, 0.5) is 5.69 Å². The van der Waals surface area contributed by atoms with E-state index in [9.17, 15) is 28.8 Å². The van der Waals surface area contributed by atoms with E-state index in [-0.39, 0.29) is 30.8 Å². The SMILES string of the molecule is [C-]#[N+]c1ccc(O[C@@H]2CN(C(=O)c3ccc(C(=O)N4CCC(CN5Cc6cc7c(cc6C5)C(=O)N(C5CCC(=O)NC5=O)C7=O)CC4)cc3)C2(C)C)cc1Cl. The third kappa shape index (κ3) is 6.53. The topological polar surface area (TPSA) is 141 Å². The van der Waals surface area contributed by atoms with Crippen LogP contribution in [-0.2, 0) is 22.7 Å². The van der Waals surface area contributed by atoms with Crippen LogP contribution < -0.4 is 10.1 Å². The maximum atomic E-state index is 13.5. The number of imide groups is 2. The summed E-state index contributed by atoms with van der Waals surface area (Å²) in [6, 6.07) is 14.3. The van der Waals surface area contributed by atoms with Gasteiger partial charge in [0, 0.05) is 50.3 Å². The summed E-state index contributed by atoms with van der Waals surface area (Å²) in [6.07, 6.45) is 1.62. The zero-order valence-corrected chi connectivity index (χ0v) is 31.2. The third-order valence-electron chi connectivity index (χ3n) is 11.7. The highest BCUT2D eigenvalue weighted by molar-refractivity contribution is 6.33. The Bertz CT molecular complexity index is 2160. The molecule has 5 heterocycles. The molecule has 0 radical (unpaired) electrons. The number of ether oxygens (including phenoxy) is 1. The first-order valence-corrected chi connectivity index (χ1v) is 18.8. The number of rotatable bonds is 7. The fourth-order valence-electron chi connectivity index (χ4n) is 8.37. The van der Waals surface area contributed by atoms with Crippen molar-refractivity contribution in [3.05, 3.63) is 104 Å². The monoisotopic (exact) mass is 762 g/mol. The van der Waals surface area contributed by atoms with Crippen molar-refractivity contribution < 1.29 is 33.5 Å². The molecule has 3 aromatic carbocycles. The smallest absolute Gasteiger partial charge is 0.262 e. The summed E-state index contributed by atoms with van der Waals surface area (Å²) < 4.78 is 6.11. The van der Waals surface area contributed by atoms with Gasteiger partial charge in [-0.15, -0.1) is 0 Å². The van der Waals surface area contributed by atoms with Crippen molar-refractivity contribution in [1.82, 2.24) is 24.9 Å². The molecule has 5 aliphatic rings. The van der Waals surface area contributed by atoms with Crippen molar-refractivity contribution in [2.75, 3.05) is 26.2 Å². The van der Waals surface area contributed by atoms with Crippen molar-refractivity contribution >= 4 is 52.7 Å². The van der Waals surface area contributed by atoms with Crippen LogP contribution in [-0.4, -0.2) is 98.9 Å². The average molecular weight is 763 g/mol. The molecule has 0 bridgehead atoms. The summed E-state index contributed by atoms with van der Waals surface area (Å²) in [5.74, 6) is -1.32. The first-order valence-electron chi connectivity index (χ1n) is 18.5. The zero-order valence-electron chi connectivity index (χ0n) is 30.5. The maximum absolute atomic E-state index is 13.5. The van der Waals surface area contributed by atoms with E-state index in [2.05, 4.69) is 15.1 Å². The van der Waals surface area contributed by atoms with E-state index < -0.39 is 35.2 Å². The Hall–Kier alpha value is -5.58. The highest BCUT2D eigenvalue weighted by Gasteiger charge is 2.51. The van der Waals surface area contributed by atoms with Crippen LogP contribution in [0.1, 0.15) is 92.1 Å². The van der Waals surface area contributed by atoms with Crippen LogP contribution in [0.2, 0.25) is 5.02 Å². The van der Waals surface area contributed by atoms with Crippen molar-refractivity contribution in [1.29, 1.82) is 0 Å². The molecule has 3 saturated heterocycles. The lowest BCUT2D eigenvalue weighted by atomic mass is 9.84. The minimum Gasteiger partial charge on any atom is -0.486 e. The van der Waals surface area contributed by atoms with Crippen LogP contribution in [0.15, 0.2) is 54.6 Å². The lowest BCUT2D eigenvalue weighted by Gasteiger charge is -2.54. The van der Waals surface area contributed by atoms with Crippen molar-refractivity contribution in [3.63, 3.8) is 0 Å². The fraction of sp³-hybridized carbons (Fsp3) is 0.390. The van der Waals surface area contributed by atoms with Gasteiger partial charge < -0.3 is 14.5 Å². The van der Waals surface area contributed by atoms with Gasteiger partial charge >= 0.3 is 0 Å². The average Bonchev–Trinajstić information content (AvgIpc) is 3.67. The van der Waals surface area contributed by atoms with Crippen LogP contribution in [0.3, 0.4) is 0 Å². The molecule has 3 fully saturated rings. The minimum absolute atomic E-state index is 0.0677. The van der Waals surface area contributed by atoms with E-state index in [1.807, 2.05) is 18.7 Å². The molecule has 55 heavy (non-hydrogen) atoms. The van der Waals surface area contributed by atoms with Crippen LogP contribution in [0, 0.1) is 12.5 Å². The van der Waals surface area contributed by atoms with E-state index >= 15 is 0 Å². The van der Waals surface area contributed by atoms with Gasteiger partial charge in [0.15, 0.2) is 0 Å². The number of benzene rings is 3. The lowest BCUT2D eigenvalue weighted by Crippen LogP contribution is -2.71. The number of nitrogens with zero attached hydrogens (tertiary/aromatic N) is 5. The number of hydrogen-bond donors (Lipinski definition) is 1. The van der Waals surface area contributed by atoms with Gasteiger partial charge in [-0.3, -0.25) is 43.9 Å². The van der Waals surface area contributed by atoms with Crippen LogP contribution in [0.5, 0.6) is 5.75 Å². The second-order valence-electron chi connectivity index (χ2n) is 15.5. The normalized spacial score (nSPS) is 22.2. The molecule has 0 spiro atoms. The number of hydrogen-bond acceptors (Lipinski definition) is 8. The van der Waals surface area contributed by atoms with Crippen molar-refractivity contribution in [3.8, 4) is 5.75 Å². The van der Waals surface area contributed by atoms with Gasteiger partial charge in [0.25, 0.3) is 23.6 Å². The Kier molecular flexibility index (Phi) is 9.22. The van der Waals surface area contributed by atoms with E-state index in [4.69, 9.17) is 22.9 Å². The Morgan fingerprint density at radius 2 is 1.51 bits per heavy atom. The molecule has 8 rings (SSSR count). The molecule has 282 valence electrons. The molecule has 1 N–H and O–H groups in total. The second-order valence-corrected chi connectivity index (χ2v) is 15.9. The number of fused-ring (bicyclic) bond motifs is 2. The molecule has 6 amide bonds. The molecule has 0 aliphatic carbocycles. The number of carbonyl (C=O) groups is 6. The maximum Gasteiger partial charge on any atom is 0.262 e. The standard InChI is InChI=1S/C41H39ClN6O7/c1-41(2)34(55-28-8-9-32(43-3)31(42)18-28)22-47(41)38(52)25-6-4-24(5-7-25)37(51)46-14-12-23(13-15-46)19-45-20-26-16-29-30(17-27(26)21-45)40(54)48(39(29)53)33-10-11-35(49)44-36(33)50/h4-9,16-18,23,33-34H,10-15,19-22H2,1-2H3,(H,44,49,50)/t33?,34-/m1/s1. The number of amides is 6. The number of carbonyl (C=O) groups excluding carboxylic acids is 6. The molecule has 1 unspecified atom stereocenters. The quantitative estimate of drug-likeness (QED) is 0.267. The van der Waals surface area contributed by atoms with Gasteiger partial charge in [0.1, 0.15) is 17.9 Å².